The van der Waals surface area contributed by atoms with E-state index in [1.54, 1.807) is 0 Å². The maximum Gasteiger partial charge on any atom is 0.148 e. The molecule has 1 aromatic rings. The van der Waals surface area contributed by atoms with E-state index in [1.165, 1.54) is 0 Å². The van der Waals surface area contributed by atoms with Crippen LogP contribution in [0.1, 0.15) is 24.7 Å². The molecular formula is C12H22N6. The van der Waals surface area contributed by atoms with Crippen LogP contribution in [-0.2, 0) is 6.42 Å². The Hall–Kier alpha value is -1.40. The monoisotopic (exact) mass is 250 g/mol. The SMILES string of the molecule is CCc1nc(NN)c(C)c(NC2CCN(C)C2)n1. The molecule has 1 aromatic heterocycles. The first-order chi connectivity index (χ1) is 8.63. The van der Waals surface area contributed by atoms with Gasteiger partial charge < -0.3 is 15.6 Å². The summed E-state index contributed by atoms with van der Waals surface area (Å²) in [6, 6.07) is 0.457. The molecule has 0 amide bonds. The molecule has 2 heterocycles. The minimum atomic E-state index is 0.457. The van der Waals surface area contributed by atoms with Gasteiger partial charge in [-0.1, -0.05) is 6.92 Å². The number of nitrogens with one attached hydrogen (secondary N) is 2. The van der Waals surface area contributed by atoms with Gasteiger partial charge >= 0.3 is 0 Å². The number of nitrogens with two attached hydrogens (primary N) is 1. The normalized spacial score (nSPS) is 20.1. The summed E-state index contributed by atoms with van der Waals surface area (Å²) in [7, 11) is 2.14. The Morgan fingerprint density at radius 1 is 1.39 bits per heavy atom. The number of likely N-dealkylation sites (N-methyl/N-ethyl adjacent to an activating group) is 1. The van der Waals surface area contributed by atoms with Crippen LogP contribution in [-0.4, -0.2) is 41.0 Å². The summed E-state index contributed by atoms with van der Waals surface area (Å²) in [6.07, 6.45) is 1.95. The molecule has 4 N–H and O–H groups in total. The number of aryl methyl sites for hydroxylation is 1. The lowest BCUT2D eigenvalue weighted by Gasteiger charge is -2.17. The molecule has 1 saturated heterocycles. The molecule has 0 aliphatic carbocycles. The molecule has 0 spiro atoms. The van der Waals surface area contributed by atoms with Crippen LogP contribution < -0.4 is 16.6 Å². The zero-order valence-corrected chi connectivity index (χ0v) is 11.3. The lowest BCUT2D eigenvalue weighted by atomic mass is 10.2. The molecule has 18 heavy (non-hydrogen) atoms. The van der Waals surface area contributed by atoms with Gasteiger partial charge in [-0.25, -0.2) is 15.8 Å². The molecular weight excluding hydrogens is 228 g/mol. The van der Waals surface area contributed by atoms with Gasteiger partial charge in [0.1, 0.15) is 17.5 Å². The molecule has 1 unspecified atom stereocenters. The Labute approximate surface area is 108 Å². The van der Waals surface area contributed by atoms with Crippen molar-refractivity contribution < 1.29 is 0 Å². The second-order valence-corrected chi connectivity index (χ2v) is 4.85. The van der Waals surface area contributed by atoms with Gasteiger partial charge in [0, 0.05) is 24.6 Å². The average Bonchev–Trinajstić information content (AvgIpc) is 2.77. The number of aromatic nitrogens is 2. The maximum absolute atomic E-state index is 5.50. The summed E-state index contributed by atoms with van der Waals surface area (Å²) in [6.45, 7) is 6.20. The first-order valence-electron chi connectivity index (χ1n) is 6.43. The van der Waals surface area contributed by atoms with E-state index in [1.807, 2.05) is 13.8 Å². The third kappa shape index (κ3) is 2.70. The van der Waals surface area contributed by atoms with Crippen LogP contribution in [0.25, 0.3) is 0 Å². The summed E-state index contributed by atoms with van der Waals surface area (Å²) in [4.78, 5) is 11.2. The van der Waals surface area contributed by atoms with E-state index in [2.05, 4.69) is 32.7 Å². The zero-order valence-electron chi connectivity index (χ0n) is 11.3. The van der Waals surface area contributed by atoms with Crippen molar-refractivity contribution in [1.29, 1.82) is 0 Å². The highest BCUT2D eigenvalue weighted by Crippen LogP contribution is 2.22. The highest BCUT2D eigenvalue weighted by molar-refractivity contribution is 5.57. The Balaban J connectivity index is 2.20. The third-order valence-electron chi connectivity index (χ3n) is 3.38. The van der Waals surface area contributed by atoms with Gasteiger partial charge in [-0.05, 0) is 26.9 Å². The van der Waals surface area contributed by atoms with Crippen molar-refractivity contribution in [3.8, 4) is 0 Å². The van der Waals surface area contributed by atoms with Crippen molar-refractivity contribution in [2.75, 3.05) is 30.9 Å². The fourth-order valence-corrected chi connectivity index (χ4v) is 2.25. The van der Waals surface area contributed by atoms with Crippen molar-refractivity contribution >= 4 is 11.6 Å². The molecule has 0 radical (unpaired) electrons. The Kier molecular flexibility index (Phi) is 3.98. The number of nitrogen functional groups attached to an aromatic ring is 1. The fourth-order valence-electron chi connectivity index (χ4n) is 2.25. The smallest absolute Gasteiger partial charge is 0.148 e. The van der Waals surface area contributed by atoms with E-state index in [4.69, 9.17) is 5.84 Å². The van der Waals surface area contributed by atoms with Crippen molar-refractivity contribution in [2.24, 2.45) is 5.84 Å². The molecule has 0 bridgehead atoms. The zero-order chi connectivity index (χ0) is 13.1. The third-order valence-corrected chi connectivity index (χ3v) is 3.38. The van der Waals surface area contributed by atoms with E-state index in [9.17, 15) is 0 Å². The molecule has 100 valence electrons. The number of likely N-dealkylation sites (tertiary alicyclic amines) is 1. The molecule has 1 fully saturated rings. The lowest BCUT2D eigenvalue weighted by Crippen LogP contribution is -2.25. The van der Waals surface area contributed by atoms with Crippen molar-refractivity contribution in [2.45, 2.75) is 32.7 Å². The Morgan fingerprint density at radius 3 is 2.67 bits per heavy atom. The predicted molar refractivity (Wildman–Crippen MR) is 73.5 cm³/mol. The molecule has 0 saturated carbocycles. The van der Waals surface area contributed by atoms with Crippen molar-refractivity contribution in [1.82, 2.24) is 14.9 Å². The second-order valence-electron chi connectivity index (χ2n) is 4.85. The van der Waals surface area contributed by atoms with Gasteiger partial charge in [0.05, 0.1) is 0 Å². The molecule has 2 rings (SSSR count). The molecule has 0 aromatic carbocycles. The van der Waals surface area contributed by atoms with Crippen LogP contribution in [0.2, 0.25) is 0 Å². The van der Waals surface area contributed by atoms with Crippen molar-refractivity contribution in [3.05, 3.63) is 11.4 Å². The first kappa shape index (κ1) is 13.0. The summed E-state index contributed by atoms with van der Waals surface area (Å²) in [5, 5.41) is 3.50. The second kappa shape index (κ2) is 5.49. The minimum absolute atomic E-state index is 0.457. The predicted octanol–water partition coefficient (Wildman–Crippen LogP) is 0.749. The van der Waals surface area contributed by atoms with Crippen molar-refractivity contribution in [3.63, 3.8) is 0 Å². The number of hydrogen-bond acceptors (Lipinski definition) is 6. The van der Waals surface area contributed by atoms with Gasteiger partial charge in [-0.2, -0.15) is 0 Å². The molecule has 1 atom stereocenters. The number of rotatable bonds is 4. The lowest BCUT2D eigenvalue weighted by molar-refractivity contribution is 0.414. The highest BCUT2D eigenvalue weighted by Gasteiger charge is 2.21. The summed E-state index contributed by atoms with van der Waals surface area (Å²) < 4.78 is 0. The van der Waals surface area contributed by atoms with Gasteiger partial charge in [0.25, 0.3) is 0 Å². The van der Waals surface area contributed by atoms with Crippen LogP contribution in [0.4, 0.5) is 11.6 Å². The van der Waals surface area contributed by atoms with Crippen LogP contribution in [0, 0.1) is 6.92 Å². The fraction of sp³-hybridized carbons (Fsp3) is 0.667. The van der Waals surface area contributed by atoms with Crippen LogP contribution >= 0.6 is 0 Å². The van der Waals surface area contributed by atoms with Gasteiger partial charge in [0.15, 0.2) is 0 Å². The number of hydrazine groups is 1. The highest BCUT2D eigenvalue weighted by atomic mass is 15.3. The van der Waals surface area contributed by atoms with E-state index in [0.717, 1.165) is 43.1 Å². The molecule has 6 heteroatoms. The van der Waals surface area contributed by atoms with Gasteiger partial charge in [-0.3, -0.25) is 0 Å². The summed E-state index contributed by atoms with van der Waals surface area (Å²) >= 11 is 0. The van der Waals surface area contributed by atoms with E-state index < -0.39 is 0 Å². The average molecular weight is 250 g/mol. The Bertz CT molecular complexity index is 419. The standard InChI is InChI=1S/C12H22N6/c1-4-10-15-11(8(2)12(16-10)17-13)14-9-5-6-18(3)7-9/h9H,4-7,13H2,1-3H3,(H2,14,15,16,17). The number of nitrogens with zero attached hydrogens (tertiary/aromatic N) is 3. The molecule has 1 aliphatic rings. The quantitative estimate of drug-likeness (QED) is 0.540. The van der Waals surface area contributed by atoms with Gasteiger partial charge in [0.2, 0.25) is 0 Å². The van der Waals surface area contributed by atoms with Crippen LogP contribution in [0.3, 0.4) is 0 Å². The Morgan fingerprint density at radius 2 is 2.11 bits per heavy atom. The van der Waals surface area contributed by atoms with E-state index in [0.29, 0.717) is 11.9 Å². The molecule has 1 aliphatic heterocycles. The van der Waals surface area contributed by atoms with E-state index >= 15 is 0 Å². The topological polar surface area (TPSA) is 79.1 Å². The van der Waals surface area contributed by atoms with Crippen LogP contribution in [0.5, 0.6) is 0 Å². The van der Waals surface area contributed by atoms with Gasteiger partial charge in [-0.15, -0.1) is 0 Å². The van der Waals surface area contributed by atoms with E-state index in [-0.39, 0.29) is 0 Å². The van der Waals surface area contributed by atoms with Crippen LogP contribution in [0.15, 0.2) is 0 Å². The number of anilines is 2. The summed E-state index contributed by atoms with van der Waals surface area (Å²) in [5.41, 5.74) is 3.62. The minimum Gasteiger partial charge on any atom is -0.366 e. The largest absolute Gasteiger partial charge is 0.366 e. The number of hydrogen-bond donors (Lipinski definition) is 3. The molecule has 6 nitrogen and oxygen atoms in total. The maximum atomic E-state index is 5.50. The first-order valence-corrected chi connectivity index (χ1v) is 6.43. The summed E-state index contributed by atoms with van der Waals surface area (Å²) in [5.74, 6) is 7.91.